The Kier molecular flexibility index (Phi) is 4.96. The lowest BCUT2D eigenvalue weighted by atomic mass is 10.3. The molecule has 1 aromatic carbocycles. The Balaban J connectivity index is 1.53. The van der Waals surface area contributed by atoms with Crippen molar-refractivity contribution in [1.29, 1.82) is 0 Å². The van der Waals surface area contributed by atoms with Crippen LogP contribution in [0.25, 0.3) is 5.82 Å². The molecule has 11 heteroatoms. The van der Waals surface area contributed by atoms with Crippen LogP contribution in [0.1, 0.15) is 17.2 Å². The summed E-state index contributed by atoms with van der Waals surface area (Å²) in [5.41, 5.74) is 2.26. The number of nitrogens with one attached hydrogen (secondary N) is 1. The van der Waals surface area contributed by atoms with Crippen LogP contribution in [-0.4, -0.2) is 33.1 Å². The highest BCUT2D eigenvalue weighted by Gasteiger charge is 2.16. The van der Waals surface area contributed by atoms with Crippen molar-refractivity contribution in [2.24, 2.45) is 0 Å². The van der Waals surface area contributed by atoms with Crippen LogP contribution >= 0.6 is 0 Å². The summed E-state index contributed by atoms with van der Waals surface area (Å²) in [5, 5.41) is 3.40. The first kappa shape index (κ1) is 19.6. The highest BCUT2D eigenvalue weighted by atomic mass is 32.2. The molecule has 0 saturated carbocycles. The van der Waals surface area contributed by atoms with E-state index >= 15 is 0 Å². The molecule has 30 heavy (non-hydrogen) atoms. The number of benzene rings is 1. The normalized spacial score (nSPS) is 11.4. The number of ether oxygens (including phenoxy) is 1. The minimum Gasteiger partial charge on any atom is -0.439 e. The number of rotatable bonds is 6. The fourth-order valence-corrected chi connectivity index (χ4v) is 3.60. The molecule has 154 valence electrons. The first-order valence-corrected chi connectivity index (χ1v) is 10.4. The molecule has 0 fully saturated rings. The molecule has 0 aliphatic heterocycles. The zero-order valence-corrected chi connectivity index (χ0v) is 17.2. The quantitative estimate of drug-likeness (QED) is 0.498. The van der Waals surface area contributed by atoms with Crippen LogP contribution in [0.3, 0.4) is 0 Å². The van der Waals surface area contributed by atoms with Crippen molar-refractivity contribution in [1.82, 2.24) is 24.7 Å². The van der Waals surface area contributed by atoms with Crippen LogP contribution in [0.2, 0.25) is 0 Å². The van der Waals surface area contributed by atoms with Gasteiger partial charge in [0.25, 0.3) is 10.0 Å². The zero-order chi connectivity index (χ0) is 21.3. The van der Waals surface area contributed by atoms with Crippen molar-refractivity contribution in [3.05, 3.63) is 66.3 Å². The van der Waals surface area contributed by atoms with Crippen molar-refractivity contribution in [3.8, 4) is 17.4 Å². The highest BCUT2D eigenvalue weighted by Crippen LogP contribution is 2.25. The van der Waals surface area contributed by atoms with E-state index in [0.29, 0.717) is 29.0 Å². The molecule has 4 aromatic rings. The smallest absolute Gasteiger partial charge is 0.266 e. The predicted molar refractivity (Wildman–Crippen MR) is 107 cm³/mol. The van der Waals surface area contributed by atoms with E-state index in [1.807, 2.05) is 18.4 Å². The zero-order valence-electron chi connectivity index (χ0n) is 16.4. The topological polar surface area (TPSA) is 125 Å². The summed E-state index contributed by atoms with van der Waals surface area (Å²) in [4.78, 5) is 13.0. The third kappa shape index (κ3) is 4.01. The van der Waals surface area contributed by atoms with Gasteiger partial charge in [-0.2, -0.15) is 4.98 Å². The molecule has 3 heterocycles. The van der Waals surface area contributed by atoms with Crippen molar-refractivity contribution in [2.45, 2.75) is 25.7 Å². The second kappa shape index (κ2) is 7.59. The molecule has 1 N–H and O–H groups in total. The summed E-state index contributed by atoms with van der Waals surface area (Å²) in [5.74, 6) is 2.05. The van der Waals surface area contributed by atoms with Crippen LogP contribution in [0, 0.1) is 20.8 Å². The Labute approximate surface area is 172 Å². The van der Waals surface area contributed by atoms with E-state index in [4.69, 9.17) is 4.74 Å². The molecule has 0 saturated heterocycles. The maximum absolute atomic E-state index is 12.2. The number of nitrogens with zero attached hydrogens (tertiary/aromatic N) is 5. The van der Waals surface area contributed by atoms with Crippen LogP contribution in [0.5, 0.6) is 11.6 Å². The number of imidazole rings is 1. The standard InChI is InChI=1S/C19H18N6O4S/c1-12-13(2)25(11-20-12)18-8-19(23-14(3)22-18)29-16-6-4-15(5-7-16)24-30(26,27)17-9-21-28-10-17/h4-11,24H,1-3H3. The average molecular weight is 426 g/mol. The second-order valence-electron chi connectivity index (χ2n) is 6.49. The summed E-state index contributed by atoms with van der Waals surface area (Å²) in [7, 11) is -3.76. The molecule has 3 aromatic heterocycles. The summed E-state index contributed by atoms with van der Waals surface area (Å²) in [6.45, 7) is 5.66. The van der Waals surface area contributed by atoms with E-state index in [1.165, 1.54) is 0 Å². The molecule has 10 nitrogen and oxygen atoms in total. The highest BCUT2D eigenvalue weighted by molar-refractivity contribution is 7.92. The molecule has 0 atom stereocenters. The first-order chi connectivity index (χ1) is 14.3. The average Bonchev–Trinajstić information content (AvgIpc) is 3.34. The van der Waals surface area contributed by atoms with E-state index in [-0.39, 0.29) is 4.90 Å². The monoisotopic (exact) mass is 426 g/mol. The van der Waals surface area contributed by atoms with Crippen LogP contribution in [0.15, 0.2) is 58.5 Å². The largest absolute Gasteiger partial charge is 0.439 e. The van der Waals surface area contributed by atoms with Gasteiger partial charge in [0.05, 0.1) is 11.9 Å². The van der Waals surface area contributed by atoms with E-state index in [1.54, 1.807) is 43.6 Å². The third-order valence-corrected chi connectivity index (χ3v) is 5.68. The fraction of sp³-hybridized carbons (Fsp3) is 0.158. The molecule has 4 rings (SSSR count). The minimum absolute atomic E-state index is 0.0585. The van der Waals surface area contributed by atoms with Gasteiger partial charge in [-0.25, -0.2) is 18.4 Å². The number of aromatic nitrogens is 5. The van der Waals surface area contributed by atoms with Gasteiger partial charge in [0.2, 0.25) is 5.88 Å². The van der Waals surface area contributed by atoms with E-state index < -0.39 is 10.0 Å². The Morgan fingerprint density at radius 3 is 2.50 bits per heavy atom. The van der Waals surface area contributed by atoms with Gasteiger partial charge >= 0.3 is 0 Å². The van der Waals surface area contributed by atoms with Gasteiger partial charge in [0.15, 0.2) is 0 Å². The van der Waals surface area contributed by atoms with Gasteiger partial charge in [0, 0.05) is 17.4 Å². The molecule has 0 aliphatic rings. The van der Waals surface area contributed by atoms with E-state index in [2.05, 4.69) is 29.4 Å². The molecule has 0 amide bonds. The van der Waals surface area contributed by atoms with Crippen LogP contribution in [0.4, 0.5) is 5.69 Å². The molecular weight excluding hydrogens is 408 g/mol. The number of hydrogen-bond acceptors (Lipinski definition) is 8. The van der Waals surface area contributed by atoms with Gasteiger partial charge < -0.3 is 9.26 Å². The van der Waals surface area contributed by atoms with E-state index in [9.17, 15) is 8.42 Å². The van der Waals surface area contributed by atoms with Gasteiger partial charge in [-0.15, -0.1) is 0 Å². The number of aryl methyl sites for hydroxylation is 2. The van der Waals surface area contributed by atoms with Gasteiger partial charge in [0.1, 0.15) is 34.9 Å². The Morgan fingerprint density at radius 1 is 1.10 bits per heavy atom. The third-order valence-electron chi connectivity index (χ3n) is 4.35. The van der Waals surface area contributed by atoms with Crippen molar-refractivity contribution < 1.29 is 17.7 Å². The summed E-state index contributed by atoms with van der Waals surface area (Å²) in [6.07, 6.45) is 3.88. The molecule has 0 unspecified atom stereocenters. The first-order valence-electron chi connectivity index (χ1n) is 8.88. The summed E-state index contributed by atoms with van der Waals surface area (Å²) in [6, 6.07) is 8.14. The van der Waals surface area contributed by atoms with Crippen molar-refractivity contribution in [3.63, 3.8) is 0 Å². The van der Waals surface area contributed by atoms with Crippen LogP contribution < -0.4 is 9.46 Å². The lowest BCUT2D eigenvalue weighted by Crippen LogP contribution is -2.11. The SMILES string of the molecule is Cc1nc(Oc2ccc(NS(=O)(=O)c3cnoc3)cc2)cc(-n2cnc(C)c2C)n1. The fourth-order valence-electron chi connectivity index (χ4n) is 2.68. The Bertz CT molecular complexity index is 1280. The molecule has 0 spiro atoms. The number of hydrogen-bond donors (Lipinski definition) is 1. The van der Waals surface area contributed by atoms with Gasteiger partial charge in [-0.1, -0.05) is 5.16 Å². The predicted octanol–water partition coefficient (Wildman–Crippen LogP) is 3.17. The Morgan fingerprint density at radius 2 is 1.87 bits per heavy atom. The lowest BCUT2D eigenvalue weighted by molar-refractivity contribution is 0.417. The number of anilines is 1. The molecule has 0 aliphatic carbocycles. The molecule has 0 bridgehead atoms. The second-order valence-corrected chi connectivity index (χ2v) is 8.17. The van der Waals surface area contributed by atoms with Crippen molar-refractivity contribution >= 4 is 15.7 Å². The number of sulfonamides is 1. The maximum Gasteiger partial charge on any atom is 0.266 e. The van der Waals surface area contributed by atoms with Gasteiger partial charge in [-0.05, 0) is 45.0 Å². The Hall–Kier alpha value is -3.73. The van der Waals surface area contributed by atoms with Gasteiger partial charge in [-0.3, -0.25) is 9.29 Å². The van der Waals surface area contributed by atoms with Crippen molar-refractivity contribution in [2.75, 3.05) is 4.72 Å². The van der Waals surface area contributed by atoms with E-state index in [0.717, 1.165) is 23.8 Å². The summed E-state index contributed by atoms with van der Waals surface area (Å²) < 4.78 is 39.1. The minimum atomic E-state index is -3.76. The molecule has 0 radical (unpaired) electrons. The lowest BCUT2D eigenvalue weighted by Gasteiger charge is -2.10. The summed E-state index contributed by atoms with van der Waals surface area (Å²) >= 11 is 0. The maximum atomic E-state index is 12.2. The molecular formula is C19H18N6O4S. The van der Waals surface area contributed by atoms with Crippen LogP contribution in [-0.2, 0) is 10.0 Å².